The second kappa shape index (κ2) is 9.84. The van der Waals surface area contributed by atoms with Crippen molar-refractivity contribution in [2.45, 2.75) is 11.3 Å². The minimum atomic E-state index is -3.80. The lowest BCUT2D eigenvalue weighted by Crippen LogP contribution is -2.48. The van der Waals surface area contributed by atoms with Crippen LogP contribution in [0.3, 0.4) is 0 Å². The van der Waals surface area contributed by atoms with E-state index in [4.69, 9.17) is 26.1 Å². The maximum Gasteiger partial charge on any atom is 0.244 e. The van der Waals surface area contributed by atoms with Crippen LogP contribution in [0.1, 0.15) is 11.3 Å². The van der Waals surface area contributed by atoms with Crippen molar-refractivity contribution in [3.8, 4) is 11.5 Å². The van der Waals surface area contributed by atoms with E-state index in [2.05, 4.69) is 4.90 Å². The number of piperazine rings is 1. The van der Waals surface area contributed by atoms with Crippen LogP contribution in [0.4, 0.5) is 9.52 Å². The van der Waals surface area contributed by atoms with E-state index in [0.717, 1.165) is 40.0 Å². The number of anilines is 1. The van der Waals surface area contributed by atoms with Crippen LogP contribution in [-0.2, 0) is 16.4 Å². The molecular weight excluding hydrogens is 489 g/mol. The first-order valence-corrected chi connectivity index (χ1v) is 12.9. The summed E-state index contributed by atoms with van der Waals surface area (Å²) in [6.07, 6.45) is 0.612. The van der Waals surface area contributed by atoms with Gasteiger partial charge in [0.1, 0.15) is 22.2 Å². The fourth-order valence-electron chi connectivity index (χ4n) is 3.66. The summed E-state index contributed by atoms with van der Waals surface area (Å²) < 4.78 is 51.3. The Bertz CT molecular complexity index is 1240. The maximum absolute atomic E-state index is 13.3. The largest absolute Gasteiger partial charge is 0.497 e. The van der Waals surface area contributed by atoms with Crippen molar-refractivity contribution in [2.75, 3.05) is 45.3 Å². The van der Waals surface area contributed by atoms with Crippen molar-refractivity contribution in [3.05, 3.63) is 63.9 Å². The third kappa shape index (κ3) is 5.08. The number of methoxy groups -OCH3 is 2. The Morgan fingerprint density at radius 2 is 1.85 bits per heavy atom. The van der Waals surface area contributed by atoms with Gasteiger partial charge >= 0.3 is 0 Å². The number of aromatic nitrogens is 1. The summed E-state index contributed by atoms with van der Waals surface area (Å²) in [6, 6.07) is 9.01. The van der Waals surface area contributed by atoms with Gasteiger partial charge in [0.2, 0.25) is 10.0 Å². The highest BCUT2D eigenvalue weighted by Gasteiger charge is 2.31. The van der Waals surface area contributed by atoms with E-state index in [-0.39, 0.29) is 23.0 Å². The highest BCUT2D eigenvalue weighted by atomic mass is 35.5. The number of benzene rings is 2. The standard InChI is InChI=1S/C22H23ClFN3O4S2/c1-30-18-5-3-15(20(13-18)31-2)11-17-14-32-22(25-17)26-7-9-27(10-8-26)33(28,29)21-6-4-16(24)12-19(21)23/h3-6,12-14H,7-11H2,1-2H3. The van der Waals surface area contributed by atoms with Crippen molar-refractivity contribution >= 4 is 38.1 Å². The molecule has 0 spiro atoms. The van der Waals surface area contributed by atoms with Gasteiger partial charge in [0, 0.05) is 49.6 Å². The zero-order valence-corrected chi connectivity index (χ0v) is 20.5. The third-order valence-electron chi connectivity index (χ3n) is 5.43. The summed E-state index contributed by atoms with van der Waals surface area (Å²) in [7, 11) is -0.563. The SMILES string of the molecule is COc1ccc(Cc2csc(N3CCN(S(=O)(=O)c4ccc(F)cc4Cl)CC3)n2)c(OC)c1. The number of hydrogen-bond acceptors (Lipinski definition) is 7. The Balaban J connectivity index is 1.42. The number of sulfonamides is 1. The Kier molecular flexibility index (Phi) is 7.08. The van der Waals surface area contributed by atoms with Crippen molar-refractivity contribution < 1.29 is 22.3 Å². The van der Waals surface area contributed by atoms with Crippen LogP contribution in [-0.4, -0.2) is 58.1 Å². The van der Waals surface area contributed by atoms with Gasteiger partial charge in [0.05, 0.1) is 24.9 Å². The van der Waals surface area contributed by atoms with Gasteiger partial charge in [0.15, 0.2) is 5.13 Å². The Morgan fingerprint density at radius 1 is 1.09 bits per heavy atom. The smallest absolute Gasteiger partial charge is 0.244 e. The van der Waals surface area contributed by atoms with Crippen LogP contribution in [0.5, 0.6) is 11.5 Å². The second-order valence-electron chi connectivity index (χ2n) is 7.44. The zero-order valence-electron chi connectivity index (χ0n) is 18.1. The zero-order chi connectivity index (χ0) is 23.6. The number of rotatable bonds is 7. The Labute approximate surface area is 201 Å². The molecule has 0 N–H and O–H groups in total. The lowest BCUT2D eigenvalue weighted by molar-refractivity contribution is 0.384. The monoisotopic (exact) mass is 511 g/mol. The lowest BCUT2D eigenvalue weighted by atomic mass is 10.1. The molecule has 0 aliphatic carbocycles. The van der Waals surface area contributed by atoms with Gasteiger partial charge < -0.3 is 14.4 Å². The molecule has 0 atom stereocenters. The molecular formula is C22H23ClFN3O4S2. The second-order valence-corrected chi connectivity index (χ2v) is 10.6. The predicted molar refractivity (Wildman–Crippen MR) is 127 cm³/mol. The molecule has 7 nitrogen and oxygen atoms in total. The van der Waals surface area contributed by atoms with Crippen molar-refractivity contribution in [3.63, 3.8) is 0 Å². The molecule has 1 aliphatic heterocycles. The summed E-state index contributed by atoms with van der Waals surface area (Å²) >= 11 is 7.51. The highest BCUT2D eigenvalue weighted by Crippen LogP contribution is 2.30. The Hall–Kier alpha value is -2.40. The molecule has 176 valence electrons. The molecule has 3 aromatic rings. The van der Waals surface area contributed by atoms with Gasteiger partial charge in [-0.1, -0.05) is 17.7 Å². The van der Waals surface area contributed by atoms with Gasteiger partial charge in [-0.05, 0) is 24.3 Å². The average Bonchev–Trinajstić information content (AvgIpc) is 3.27. The van der Waals surface area contributed by atoms with E-state index in [0.29, 0.717) is 19.5 Å². The molecule has 33 heavy (non-hydrogen) atoms. The van der Waals surface area contributed by atoms with Crippen LogP contribution in [0.2, 0.25) is 5.02 Å². The number of nitrogens with zero attached hydrogens (tertiary/aromatic N) is 3. The normalized spacial score (nSPS) is 15.0. The molecule has 11 heteroatoms. The predicted octanol–water partition coefficient (Wildman–Crippen LogP) is 4.05. The molecule has 0 amide bonds. The summed E-state index contributed by atoms with van der Waals surface area (Å²) in [5.41, 5.74) is 1.91. The van der Waals surface area contributed by atoms with Crippen LogP contribution in [0.25, 0.3) is 0 Å². The quantitative estimate of drug-likeness (QED) is 0.476. The molecule has 1 aliphatic rings. The molecule has 0 bridgehead atoms. The topological polar surface area (TPSA) is 72.0 Å². The number of halogens is 2. The first-order valence-electron chi connectivity index (χ1n) is 10.2. The highest BCUT2D eigenvalue weighted by molar-refractivity contribution is 7.89. The lowest BCUT2D eigenvalue weighted by Gasteiger charge is -2.33. The van der Waals surface area contributed by atoms with Crippen molar-refractivity contribution in [1.29, 1.82) is 0 Å². The van der Waals surface area contributed by atoms with Crippen LogP contribution >= 0.6 is 22.9 Å². The van der Waals surface area contributed by atoms with Gasteiger partial charge in [-0.2, -0.15) is 4.31 Å². The molecule has 2 heterocycles. The first-order chi connectivity index (χ1) is 15.8. The molecule has 1 fully saturated rings. The molecule has 1 saturated heterocycles. The Morgan fingerprint density at radius 3 is 2.52 bits per heavy atom. The maximum atomic E-state index is 13.3. The van der Waals surface area contributed by atoms with Gasteiger partial charge in [0.25, 0.3) is 0 Å². The third-order valence-corrected chi connectivity index (χ3v) is 8.76. The average molecular weight is 512 g/mol. The molecule has 1 aromatic heterocycles. The summed E-state index contributed by atoms with van der Waals surface area (Å²) in [4.78, 5) is 6.73. The first kappa shape index (κ1) is 23.7. The molecule has 4 rings (SSSR count). The summed E-state index contributed by atoms with van der Waals surface area (Å²) in [6.45, 7) is 1.57. The fourth-order valence-corrected chi connectivity index (χ4v) is 6.47. The van der Waals surface area contributed by atoms with E-state index in [9.17, 15) is 12.8 Å². The van der Waals surface area contributed by atoms with Crippen LogP contribution in [0.15, 0.2) is 46.7 Å². The van der Waals surface area contributed by atoms with E-state index in [1.807, 2.05) is 23.6 Å². The molecule has 2 aromatic carbocycles. The van der Waals surface area contributed by atoms with Gasteiger partial charge in [-0.15, -0.1) is 11.3 Å². The van der Waals surface area contributed by atoms with Gasteiger partial charge in [-0.3, -0.25) is 0 Å². The van der Waals surface area contributed by atoms with E-state index in [1.165, 1.54) is 21.7 Å². The minimum absolute atomic E-state index is 0.0796. The number of thiazole rings is 1. The molecule has 0 saturated carbocycles. The molecule has 0 unspecified atom stereocenters. The van der Waals surface area contributed by atoms with E-state index in [1.54, 1.807) is 14.2 Å². The van der Waals surface area contributed by atoms with Crippen LogP contribution in [0, 0.1) is 5.82 Å². The van der Waals surface area contributed by atoms with Crippen LogP contribution < -0.4 is 14.4 Å². The molecule has 0 radical (unpaired) electrons. The van der Waals surface area contributed by atoms with Crippen molar-refractivity contribution in [2.24, 2.45) is 0 Å². The van der Waals surface area contributed by atoms with E-state index < -0.39 is 15.8 Å². The fraction of sp³-hybridized carbons (Fsp3) is 0.318. The van der Waals surface area contributed by atoms with Crippen molar-refractivity contribution in [1.82, 2.24) is 9.29 Å². The minimum Gasteiger partial charge on any atom is -0.497 e. The van der Waals surface area contributed by atoms with Gasteiger partial charge in [-0.25, -0.2) is 17.8 Å². The summed E-state index contributed by atoms with van der Waals surface area (Å²) in [5, 5.41) is 2.73. The summed E-state index contributed by atoms with van der Waals surface area (Å²) in [5.74, 6) is 0.891. The number of ether oxygens (including phenoxy) is 2. The van der Waals surface area contributed by atoms with E-state index >= 15 is 0 Å². The number of hydrogen-bond donors (Lipinski definition) is 0.